The van der Waals surface area contributed by atoms with Crippen molar-refractivity contribution in [3.63, 3.8) is 0 Å². The number of nitrogens with two attached hydrogens (primary N) is 2. The van der Waals surface area contributed by atoms with Gasteiger partial charge in [0.25, 0.3) is 5.91 Å². The summed E-state index contributed by atoms with van der Waals surface area (Å²) >= 11 is 5.72. The molecule has 11 nitrogen and oxygen atoms in total. The molecule has 2 rings (SSSR count). The maximum Gasteiger partial charge on any atom is 0.324 e. The fourth-order valence-electron chi connectivity index (χ4n) is 2.41. The second-order valence-corrected chi connectivity index (χ2v) is 8.63. The van der Waals surface area contributed by atoms with Gasteiger partial charge in [-0.05, 0) is 49.4 Å². The summed E-state index contributed by atoms with van der Waals surface area (Å²) in [5.41, 5.74) is 10.2. The molecule has 2 aromatic rings. The molecule has 0 aliphatic rings. The third-order valence-corrected chi connectivity index (χ3v) is 5.75. The molecule has 170 valence electrons. The van der Waals surface area contributed by atoms with Crippen LogP contribution in [-0.2, 0) is 24.3 Å². The van der Waals surface area contributed by atoms with E-state index in [0.717, 1.165) is 6.07 Å². The van der Waals surface area contributed by atoms with E-state index < -0.39 is 46.4 Å². The van der Waals surface area contributed by atoms with Gasteiger partial charge in [0, 0.05) is 21.8 Å². The highest BCUT2D eigenvalue weighted by Gasteiger charge is 2.24. The van der Waals surface area contributed by atoms with Crippen LogP contribution in [0.5, 0.6) is 0 Å². The third-order valence-electron chi connectivity index (χ3n) is 3.94. The molecule has 0 aromatic heterocycles. The van der Waals surface area contributed by atoms with Crippen molar-refractivity contribution in [2.45, 2.75) is 17.9 Å². The Morgan fingerprint density at radius 1 is 1.00 bits per heavy atom. The minimum Gasteiger partial charge on any atom is -0.454 e. The van der Waals surface area contributed by atoms with Crippen molar-refractivity contribution in [1.29, 1.82) is 0 Å². The Bertz CT molecular complexity index is 1130. The van der Waals surface area contributed by atoms with Crippen LogP contribution in [0.2, 0.25) is 5.02 Å². The highest BCUT2D eigenvalue weighted by atomic mass is 35.5. The molecule has 0 aliphatic carbocycles. The first-order valence-electron chi connectivity index (χ1n) is 8.88. The summed E-state index contributed by atoms with van der Waals surface area (Å²) in [5, 5.41) is 2.66. The zero-order chi connectivity index (χ0) is 24.1. The lowest BCUT2D eigenvalue weighted by molar-refractivity contribution is -0.148. The number of benzene rings is 2. The van der Waals surface area contributed by atoms with Gasteiger partial charge >= 0.3 is 5.97 Å². The van der Waals surface area contributed by atoms with Gasteiger partial charge in [-0.2, -0.15) is 4.72 Å². The number of hydrogen-bond donors (Lipinski definition) is 4. The monoisotopic (exact) mass is 482 g/mol. The lowest BCUT2D eigenvalue weighted by atomic mass is 10.1. The van der Waals surface area contributed by atoms with E-state index in [1.54, 1.807) is 0 Å². The van der Waals surface area contributed by atoms with E-state index in [9.17, 15) is 27.6 Å². The number of rotatable bonds is 9. The van der Waals surface area contributed by atoms with Gasteiger partial charge in [-0.1, -0.05) is 11.6 Å². The van der Waals surface area contributed by atoms with Crippen molar-refractivity contribution in [1.82, 2.24) is 4.72 Å². The Morgan fingerprint density at radius 2 is 1.53 bits per heavy atom. The van der Waals surface area contributed by atoms with Crippen LogP contribution >= 0.6 is 11.6 Å². The summed E-state index contributed by atoms with van der Waals surface area (Å²) in [5.74, 6) is -3.53. The summed E-state index contributed by atoms with van der Waals surface area (Å²) in [6.07, 6.45) is 0. The third kappa shape index (κ3) is 6.77. The number of halogens is 1. The molecule has 1 unspecified atom stereocenters. The van der Waals surface area contributed by atoms with Crippen LogP contribution in [0.15, 0.2) is 47.4 Å². The molecule has 2 aromatic carbocycles. The number of amides is 3. The second kappa shape index (κ2) is 10.2. The van der Waals surface area contributed by atoms with Crippen LogP contribution in [0.1, 0.15) is 27.6 Å². The molecule has 13 heteroatoms. The van der Waals surface area contributed by atoms with Crippen LogP contribution in [0, 0.1) is 0 Å². The highest BCUT2D eigenvalue weighted by molar-refractivity contribution is 7.89. The second-order valence-electron chi connectivity index (χ2n) is 6.48. The SMILES string of the molecule is CC(NS(=O)(=O)c1ccc(Cl)cc1)C(=O)OCC(=O)Nc1cc(C(N)=O)cc(C(N)=O)c1. The molecule has 0 bridgehead atoms. The number of anilines is 1. The molecule has 3 amide bonds. The quantitative estimate of drug-likeness (QED) is 0.371. The normalized spacial score (nSPS) is 11.9. The number of carbonyl (C=O) groups is 4. The van der Waals surface area contributed by atoms with Gasteiger partial charge < -0.3 is 21.5 Å². The van der Waals surface area contributed by atoms with Crippen LogP contribution < -0.4 is 21.5 Å². The summed E-state index contributed by atoms with van der Waals surface area (Å²) in [6, 6.07) is 7.54. The van der Waals surface area contributed by atoms with Crippen LogP contribution in [0.4, 0.5) is 5.69 Å². The summed E-state index contributed by atoms with van der Waals surface area (Å²) < 4.78 is 31.5. The van der Waals surface area contributed by atoms with Crippen molar-refractivity contribution in [2.24, 2.45) is 11.5 Å². The lowest BCUT2D eigenvalue weighted by Crippen LogP contribution is -2.40. The van der Waals surface area contributed by atoms with Gasteiger partial charge in [-0.15, -0.1) is 0 Å². The van der Waals surface area contributed by atoms with Crippen molar-refractivity contribution in [3.8, 4) is 0 Å². The van der Waals surface area contributed by atoms with Gasteiger partial charge in [-0.25, -0.2) is 8.42 Å². The summed E-state index contributed by atoms with van der Waals surface area (Å²) in [7, 11) is -4.03. The Kier molecular flexibility index (Phi) is 7.92. The largest absolute Gasteiger partial charge is 0.454 e. The Morgan fingerprint density at radius 3 is 2.03 bits per heavy atom. The van der Waals surface area contributed by atoms with Gasteiger partial charge in [0.1, 0.15) is 6.04 Å². The number of nitrogens with one attached hydrogen (secondary N) is 2. The number of sulfonamides is 1. The summed E-state index contributed by atoms with van der Waals surface area (Å²) in [6.45, 7) is 0.474. The molecule has 32 heavy (non-hydrogen) atoms. The molecule has 0 saturated heterocycles. The van der Waals surface area contributed by atoms with Gasteiger partial charge in [0.2, 0.25) is 21.8 Å². The van der Waals surface area contributed by atoms with E-state index in [-0.39, 0.29) is 21.7 Å². The Hall–Kier alpha value is -3.48. The molecular formula is C19H19ClN4O7S. The maximum absolute atomic E-state index is 12.3. The predicted molar refractivity (Wildman–Crippen MR) is 114 cm³/mol. The fraction of sp³-hybridized carbons (Fsp3) is 0.158. The lowest BCUT2D eigenvalue weighted by Gasteiger charge is -2.14. The predicted octanol–water partition coefficient (Wildman–Crippen LogP) is 0.387. The molecule has 0 saturated carbocycles. The molecule has 6 N–H and O–H groups in total. The Labute approximate surface area is 188 Å². The molecular weight excluding hydrogens is 464 g/mol. The Balaban J connectivity index is 1.97. The standard InChI is InChI=1S/C19H19ClN4O7S/c1-10(24-32(29,30)15-4-2-13(20)3-5-15)19(28)31-9-16(25)23-14-7-11(17(21)26)6-12(8-14)18(22)27/h2-8,10,24H,9H2,1H3,(H2,21,26)(H2,22,27)(H,23,25). The minimum atomic E-state index is -4.03. The average Bonchev–Trinajstić information content (AvgIpc) is 2.71. The van der Waals surface area contributed by atoms with E-state index in [1.165, 1.54) is 43.3 Å². The molecule has 0 radical (unpaired) electrons. The number of hydrogen-bond acceptors (Lipinski definition) is 7. The number of esters is 1. The average molecular weight is 483 g/mol. The number of ether oxygens (including phenoxy) is 1. The topological polar surface area (TPSA) is 188 Å². The van der Waals surface area contributed by atoms with Crippen LogP contribution in [0.3, 0.4) is 0 Å². The summed E-state index contributed by atoms with van der Waals surface area (Å²) in [4.78, 5) is 46.8. The van der Waals surface area contributed by atoms with Gasteiger partial charge in [0.15, 0.2) is 6.61 Å². The zero-order valence-corrected chi connectivity index (χ0v) is 18.2. The number of primary amides is 2. The fourth-order valence-corrected chi connectivity index (χ4v) is 3.72. The molecule has 0 fully saturated rings. The van der Waals surface area contributed by atoms with E-state index in [2.05, 4.69) is 10.0 Å². The smallest absolute Gasteiger partial charge is 0.324 e. The minimum absolute atomic E-state index is 0.0210. The van der Waals surface area contributed by atoms with E-state index in [1.807, 2.05) is 0 Å². The van der Waals surface area contributed by atoms with Crippen molar-refractivity contribution < 1.29 is 32.3 Å². The molecule has 1 atom stereocenters. The first kappa shape index (κ1) is 24.8. The van der Waals surface area contributed by atoms with Gasteiger partial charge in [-0.3, -0.25) is 19.2 Å². The first-order valence-corrected chi connectivity index (χ1v) is 10.7. The van der Waals surface area contributed by atoms with E-state index in [0.29, 0.717) is 5.02 Å². The van der Waals surface area contributed by atoms with E-state index >= 15 is 0 Å². The first-order chi connectivity index (χ1) is 14.9. The highest BCUT2D eigenvalue weighted by Crippen LogP contribution is 2.16. The van der Waals surface area contributed by atoms with Crippen LogP contribution in [-0.4, -0.2) is 44.8 Å². The number of carbonyl (C=O) groups excluding carboxylic acids is 4. The molecule has 0 aliphatic heterocycles. The van der Waals surface area contributed by atoms with Gasteiger partial charge in [0.05, 0.1) is 4.90 Å². The molecule has 0 heterocycles. The van der Waals surface area contributed by atoms with E-state index in [4.69, 9.17) is 27.8 Å². The molecule has 0 spiro atoms. The van der Waals surface area contributed by atoms with Crippen molar-refractivity contribution in [2.75, 3.05) is 11.9 Å². The maximum atomic E-state index is 12.3. The van der Waals surface area contributed by atoms with Crippen molar-refractivity contribution in [3.05, 3.63) is 58.6 Å². The zero-order valence-electron chi connectivity index (χ0n) is 16.6. The van der Waals surface area contributed by atoms with Crippen LogP contribution in [0.25, 0.3) is 0 Å². The van der Waals surface area contributed by atoms with Crippen molar-refractivity contribution >= 4 is 51.0 Å².